The molecule has 0 aromatic heterocycles. The smallest absolute Gasteiger partial charge is 0.187 e. The van der Waals surface area contributed by atoms with Gasteiger partial charge in [0.1, 0.15) is 42.7 Å². The van der Waals surface area contributed by atoms with Crippen LogP contribution in [-0.2, 0) is 28.4 Å². The average molecular weight is 594 g/mol. The van der Waals surface area contributed by atoms with E-state index in [1.54, 1.807) is 0 Å². The van der Waals surface area contributed by atoms with E-state index in [0.29, 0.717) is 12.8 Å². The Morgan fingerprint density at radius 3 is 2.02 bits per heavy atom. The molecule has 17 atom stereocenters. The Hall–Kier alpha value is -0.640. The number of hydrogen-bond donors (Lipinski definition) is 10. The molecule has 0 aromatic rings. The molecule has 5 rings (SSSR count). The number of ether oxygens (including phenoxy) is 6. The molecular formula is C25H47N5O11. The molecule has 238 valence electrons. The first-order valence-corrected chi connectivity index (χ1v) is 14.4. The third-order valence-corrected chi connectivity index (χ3v) is 9.18. The molecule has 16 nitrogen and oxygen atoms in total. The number of rotatable bonds is 8. The minimum atomic E-state index is -1.49. The Bertz CT molecular complexity index is 891. The van der Waals surface area contributed by atoms with Crippen LogP contribution in [0.25, 0.3) is 0 Å². The molecule has 0 amide bonds. The SMILES string of the molecule is C[C@@H]1O[C@H](O[C@H]2[C@@H](O)[C@H](O[C@@H]3[C@@H](O)[C@H](N)C[C@H](N)[C@H]3O[C@H]3OC(C4(N)CC4)CC[C@H]3N)O[C@@H]2CO)[C@H](N)[C@@H](O)[C@@H]1O. The van der Waals surface area contributed by atoms with Crippen molar-refractivity contribution < 1.29 is 54.0 Å². The molecule has 16 heteroatoms. The summed E-state index contributed by atoms with van der Waals surface area (Å²) in [6, 6.07) is -3.04. The highest BCUT2D eigenvalue weighted by atomic mass is 16.8. The molecule has 15 N–H and O–H groups in total. The Labute approximate surface area is 238 Å². The van der Waals surface area contributed by atoms with Gasteiger partial charge in [0.25, 0.3) is 0 Å². The summed E-state index contributed by atoms with van der Waals surface area (Å²) < 4.78 is 35.7. The van der Waals surface area contributed by atoms with Crippen LogP contribution in [0.15, 0.2) is 0 Å². The zero-order chi connectivity index (χ0) is 29.8. The average Bonchev–Trinajstić information content (AvgIpc) is 3.62. The first kappa shape index (κ1) is 31.8. The van der Waals surface area contributed by atoms with E-state index >= 15 is 0 Å². The van der Waals surface area contributed by atoms with Crippen molar-refractivity contribution in [3.05, 3.63) is 0 Å². The second kappa shape index (κ2) is 12.4. The lowest BCUT2D eigenvalue weighted by atomic mass is 9.84. The molecular weight excluding hydrogens is 546 g/mol. The molecule has 0 spiro atoms. The van der Waals surface area contributed by atoms with Crippen molar-refractivity contribution in [1.82, 2.24) is 0 Å². The third-order valence-electron chi connectivity index (χ3n) is 9.18. The fourth-order valence-electron chi connectivity index (χ4n) is 6.21. The lowest BCUT2D eigenvalue weighted by Crippen LogP contribution is -2.65. The van der Waals surface area contributed by atoms with Crippen LogP contribution in [0.3, 0.4) is 0 Å². The van der Waals surface area contributed by atoms with E-state index in [2.05, 4.69) is 0 Å². The van der Waals surface area contributed by atoms with Crippen molar-refractivity contribution in [2.75, 3.05) is 6.61 Å². The van der Waals surface area contributed by atoms with Crippen molar-refractivity contribution in [3.8, 4) is 0 Å². The van der Waals surface area contributed by atoms with Gasteiger partial charge in [-0.25, -0.2) is 0 Å². The van der Waals surface area contributed by atoms with Crippen LogP contribution in [0, 0.1) is 0 Å². The Morgan fingerprint density at radius 2 is 1.37 bits per heavy atom. The van der Waals surface area contributed by atoms with Crippen molar-refractivity contribution in [2.45, 2.75) is 149 Å². The highest BCUT2D eigenvalue weighted by molar-refractivity contribution is 5.07. The summed E-state index contributed by atoms with van der Waals surface area (Å²) in [6.07, 6.45) is -11.0. The van der Waals surface area contributed by atoms with Crippen LogP contribution in [0.2, 0.25) is 0 Å². The van der Waals surface area contributed by atoms with Gasteiger partial charge >= 0.3 is 0 Å². The van der Waals surface area contributed by atoms with Gasteiger partial charge in [-0.3, -0.25) is 0 Å². The lowest BCUT2D eigenvalue weighted by molar-refractivity contribution is -0.291. The van der Waals surface area contributed by atoms with Crippen molar-refractivity contribution >= 4 is 0 Å². The second-order valence-electron chi connectivity index (χ2n) is 12.3. The fraction of sp³-hybridized carbons (Fsp3) is 1.00. The molecule has 5 fully saturated rings. The molecule has 3 saturated heterocycles. The summed E-state index contributed by atoms with van der Waals surface area (Å²) in [5, 5.41) is 52.4. The first-order valence-electron chi connectivity index (χ1n) is 14.4. The summed E-state index contributed by atoms with van der Waals surface area (Å²) in [5.41, 5.74) is 30.9. The van der Waals surface area contributed by atoms with E-state index in [0.717, 1.165) is 12.8 Å². The Morgan fingerprint density at radius 1 is 0.707 bits per heavy atom. The van der Waals surface area contributed by atoms with Gasteiger partial charge in [-0.15, -0.1) is 0 Å². The monoisotopic (exact) mass is 593 g/mol. The van der Waals surface area contributed by atoms with Crippen LogP contribution in [0.1, 0.15) is 39.0 Å². The summed E-state index contributed by atoms with van der Waals surface area (Å²) in [7, 11) is 0. The van der Waals surface area contributed by atoms with Crippen molar-refractivity contribution in [2.24, 2.45) is 28.7 Å². The molecule has 2 saturated carbocycles. The quantitative estimate of drug-likeness (QED) is 0.126. The minimum Gasteiger partial charge on any atom is -0.394 e. The van der Waals surface area contributed by atoms with Crippen LogP contribution in [0.4, 0.5) is 0 Å². The highest BCUT2D eigenvalue weighted by Gasteiger charge is 2.54. The normalized spacial score (nSPS) is 53.8. The lowest BCUT2D eigenvalue weighted by Gasteiger charge is -2.46. The molecule has 3 heterocycles. The van der Waals surface area contributed by atoms with E-state index in [-0.39, 0.29) is 12.5 Å². The largest absolute Gasteiger partial charge is 0.394 e. The number of nitrogens with two attached hydrogens (primary N) is 5. The van der Waals surface area contributed by atoms with Crippen LogP contribution < -0.4 is 28.7 Å². The topological polar surface area (TPSA) is 287 Å². The summed E-state index contributed by atoms with van der Waals surface area (Å²) in [5.74, 6) is 0. The van der Waals surface area contributed by atoms with E-state index in [4.69, 9.17) is 57.1 Å². The second-order valence-corrected chi connectivity index (χ2v) is 12.3. The highest BCUT2D eigenvalue weighted by Crippen LogP contribution is 2.42. The van der Waals surface area contributed by atoms with Gasteiger partial charge in [-0.05, 0) is 39.0 Å². The molecule has 3 aliphatic heterocycles. The van der Waals surface area contributed by atoms with Gasteiger partial charge < -0.3 is 82.6 Å². The minimum absolute atomic E-state index is 0.222. The zero-order valence-electron chi connectivity index (χ0n) is 23.1. The van der Waals surface area contributed by atoms with Crippen LogP contribution in [0.5, 0.6) is 0 Å². The summed E-state index contributed by atoms with van der Waals surface area (Å²) >= 11 is 0. The maximum Gasteiger partial charge on any atom is 0.187 e. The predicted octanol–water partition coefficient (Wildman–Crippen LogP) is -5.24. The zero-order valence-corrected chi connectivity index (χ0v) is 23.1. The van der Waals surface area contributed by atoms with Gasteiger partial charge in [-0.1, -0.05) is 0 Å². The molecule has 2 aliphatic carbocycles. The fourth-order valence-corrected chi connectivity index (χ4v) is 6.21. The molecule has 0 aromatic carbocycles. The van der Waals surface area contributed by atoms with Gasteiger partial charge in [0.2, 0.25) is 0 Å². The van der Waals surface area contributed by atoms with E-state index < -0.39 is 110 Å². The van der Waals surface area contributed by atoms with E-state index in [9.17, 15) is 25.5 Å². The molecule has 1 unspecified atom stereocenters. The Balaban J connectivity index is 1.29. The number of aliphatic hydroxyl groups is 5. The summed E-state index contributed by atoms with van der Waals surface area (Å²) in [4.78, 5) is 0. The predicted molar refractivity (Wildman–Crippen MR) is 139 cm³/mol. The van der Waals surface area contributed by atoms with Gasteiger partial charge in [-0.2, -0.15) is 0 Å². The number of aliphatic hydroxyl groups excluding tert-OH is 5. The maximum atomic E-state index is 11.1. The summed E-state index contributed by atoms with van der Waals surface area (Å²) in [6.45, 7) is 0.968. The Kier molecular flexibility index (Phi) is 9.61. The number of hydrogen-bond acceptors (Lipinski definition) is 16. The maximum absolute atomic E-state index is 11.1. The molecule has 5 aliphatic rings. The van der Waals surface area contributed by atoms with Gasteiger partial charge in [0.15, 0.2) is 18.9 Å². The molecule has 41 heavy (non-hydrogen) atoms. The van der Waals surface area contributed by atoms with Crippen LogP contribution in [-0.4, -0.2) is 142 Å². The standard InChI is InChI=1S/C25H47N5O11/c1-8-15(32)17(34)14(29)23(36-8)40-20-12(7-31)37-24(18(20)35)41-21-16(33)10(27)6-11(28)19(21)39-22-9(26)2-3-13(38-22)25(30)4-5-25/h8-24,31-35H,2-7,26-30H2,1H3/t8-,9+,10+,11-,12+,13?,14+,15+,16-,17+,18+,19+,20+,21+,22+,23+,24-/m0/s1. The van der Waals surface area contributed by atoms with Crippen LogP contribution >= 0.6 is 0 Å². The van der Waals surface area contributed by atoms with Gasteiger partial charge in [0, 0.05) is 17.6 Å². The van der Waals surface area contributed by atoms with Crippen molar-refractivity contribution in [3.63, 3.8) is 0 Å². The van der Waals surface area contributed by atoms with E-state index in [1.165, 1.54) is 6.92 Å². The van der Waals surface area contributed by atoms with E-state index in [1.807, 2.05) is 0 Å². The van der Waals surface area contributed by atoms with Gasteiger partial charge in [0.05, 0.1) is 37.0 Å². The molecule has 0 radical (unpaired) electrons. The van der Waals surface area contributed by atoms with Crippen molar-refractivity contribution in [1.29, 1.82) is 0 Å². The third kappa shape index (κ3) is 6.30. The first-order chi connectivity index (χ1) is 19.3. The molecule has 0 bridgehead atoms.